The fourth-order valence-corrected chi connectivity index (χ4v) is 4.55. The van der Waals surface area contributed by atoms with Gasteiger partial charge in [-0.2, -0.15) is 0 Å². The number of nitrogens with zero attached hydrogens (tertiary/aromatic N) is 2. The van der Waals surface area contributed by atoms with Crippen LogP contribution in [0.15, 0.2) is 0 Å². The van der Waals surface area contributed by atoms with Crippen LogP contribution in [0.2, 0.25) is 0 Å². The lowest BCUT2D eigenvalue weighted by atomic mass is 9.97. The third-order valence-corrected chi connectivity index (χ3v) is 6.34. The van der Waals surface area contributed by atoms with Crippen LogP contribution in [0.3, 0.4) is 0 Å². The number of rotatable bonds is 6. The first-order valence-electron chi connectivity index (χ1n) is 10.3. The zero-order valence-corrected chi connectivity index (χ0v) is 16.0. The van der Waals surface area contributed by atoms with Crippen LogP contribution < -0.4 is 10.6 Å². The van der Waals surface area contributed by atoms with Crippen molar-refractivity contribution in [1.29, 1.82) is 0 Å². The van der Waals surface area contributed by atoms with E-state index in [-0.39, 0.29) is 12.1 Å². The highest BCUT2D eigenvalue weighted by molar-refractivity contribution is 5.82. The quantitative estimate of drug-likeness (QED) is 0.532. The van der Waals surface area contributed by atoms with E-state index >= 15 is 0 Å². The minimum atomic E-state index is -1.07. The maximum atomic E-state index is 12.9. The second kappa shape index (κ2) is 9.15. The van der Waals surface area contributed by atoms with Crippen molar-refractivity contribution in [3.8, 4) is 0 Å². The highest BCUT2D eigenvalue weighted by Crippen LogP contribution is 2.24. The minimum Gasteiger partial charge on any atom is -0.460 e. The highest BCUT2D eigenvalue weighted by Gasteiger charge is 2.43. The molecule has 7 nitrogen and oxygen atoms in total. The van der Waals surface area contributed by atoms with Gasteiger partial charge in [0.25, 0.3) is 0 Å². The molecule has 0 spiro atoms. The first kappa shape index (κ1) is 19.6. The SMILES string of the molecule is CC(NC=O)(C(=O)OC1CCCCC1)N1CCN(C2CCNCC2)CC1. The van der Waals surface area contributed by atoms with Gasteiger partial charge in [0.1, 0.15) is 6.10 Å². The van der Waals surface area contributed by atoms with Gasteiger partial charge in [-0.3, -0.25) is 14.6 Å². The van der Waals surface area contributed by atoms with Crippen molar-refractivity contribution >= 4 is 12.4 Å². The Morgan fingerprint density at radius 3 is 2.35 bits per heavy atom. The lowest BCUT2D eigenvalue weighted by molar-refractivity contribution is -0.169. The van der Waals surface area contributed by atoms with Crippen molar-refractivity contribution in [2.24, 2.45) is 0 Å². The molecule has 0 aromatic heterocycles. The van der Waals surface area contributed by atoms with E-state index < -0.39 is 5.66 Å². The van der Waals surface area contributed by atoms with Gasteiger partial charge in [0.15, 0.2) is 5.66 Å². The van der Waals surface area contributed by atoms with Crippen LogP contribution in [0.25, 0.3) is 0 Å². The topological polar surface area (TPSA) is 73.9 Å². The Kier molecular flexibility index (Phi) is 6.89. The standard InChI is InChI=1S/C19H34N4O3/c1-19(21-15-24,18(25)26-17-5-3-2-4-6-17)23-13-11-22(12-14-23)16-7-9-20-10-8-16/h15-17,20H,2-14H2,1H3,(H,21,24). The maximum Gasteiger partial charge on any atom is 0.347 e. The summed E-state index contributed by atoms with van der Waals surface area (Å²) < 4.78 is 5.78. The molecule has 1 aliphatic carbocycles. The van der Waals surface area contributed by atoms with Gasteiger partial charge in [0.05, 0.1) is 0 Å². The van der Waals surface area contributed by atoms with Gasteiger partial charge >= 0.3 is 5.97 Å². The van der Waals surface area contributed by atoms with Gasteiger partial charge in [0, 0.05) is 32.2 Å². The van der Waals surface area contributed by atoms with Gasteiger partial charge in [0.2, 0.25) is 6.41 Å². The molecular weight excluding hydrogens is 332 g/mol. The number of amides is 1. The Hall–Kier alpha value is -1.18. The predicted molar refractivity (Wildman–Crippen MR) is 99.6 cm³/mol. The van der Waals surface area contributed by atoms with Crippen molar-refractivity contribution < 1.29 is 14.3 Å². The molecule has 1 unspecified atom stereocenters. The summed E-state index contributed by atoms with van der Waals surface area (Å²) in [6.07, 6.45) is 8.33. The van der Waals surface area contributed by atoms with Gasteiger partial charge in [-0.15, -0.1) is 0 Å². The maximum absolute atomic E-state index is 12.9. The van der Waals surface area contributed by atoms with Crippen LogP contribution in [-0.2, 0) is 14.3 Å². The van der Waals surface area contributed by atoms with Gasteiger partial charge in [-0.05, 0) is 58.5 Å². The van der Waals surface area contributed by atoms with E-state index in [2.05, 4.69) is 20.4 Å². The first-order chi connectivity index (χ1) is 12.6. The van der Waals surface area contributed by atoms with Crippen LogP contribution in [0.5, 0.6) is 0 Å². The molecule has 2 heterocycles. The van der Waals surface area contributed by atoms with Crippen molar-refractivity contribution in [1.82, 2.24) is 20.4 Å². The van der Waals surface area contributed by atoms with Gasteiger partial charge in [-0.25, -0.2) is 4.79 Å². The average molecular weight is 367 g/mol. The second-order valence-electron chi connectivity index (χ2n) is 8.00. The first-order valence-corrected chi connectivity index (χ1v) is 10.3. The van der Waals surface area contributed by atoms with Crippen LogP contribution in [0, 0.1) is 0 Å². The van der Waals surface area contributed by atoms with Crippen LogP contribution in [0.1, 0.15) is 51.9 Å². The molecule has 7 heteroatoms. The summed E-state index contributed by atoms with van der Waals surface area (Å²) >= 11 is 0. The monoisotopic (exact) mass is 366 g/mol. The number of carbonyl (C=O) groups is 2. The Morgan fingerprint density at radius 1 is 1.08 bits per heavy atom. The van der Waals surface area contributed by atoms with E-state index in [0.717, 1.165) is 65.0 Å². The number of carbonyl (C=O) groups excluding carboxylic acids is 2. The number of hydrogen-bond donors (Lipinski definition) is 2. The molecule has 2 saturated heterocycles. The number of ether oxygens (including phenoxy) is 1. The minimum absolute atomic E-state index is 0.0000508. The number of piperidine rings is 1. The Labute approximate surface area is 156 Å². The van der Waals surface area contributed by atoms with Crippen molar-refractivity contribution in [3.05, 3.63) is 0 Å². The molecule has 0 aromatic rings. The van der Waals surface area contributed by atoms with E-state index in [4.69, 9.17) is 4.74 Å². The molecule has 2 N–H and O–H groups in total. The smallest absolute Gasteiger partial charge is 0.347 e. The highest BCUT2D eigenvalue weighted by atomic mass is 16.5. The largest absolute Gasteiger partial charge is 0.460 e. The summed E-state index contributed by atoms with van der Waals surface area (Å²) in [5, 5.41) is 6.16. The zero-order valence-electron chi connectivity index (χ0n) is 16.0. The molecule has 2 aliphatic heterocycles. The normalized spacial score (nSPS) is 26.8. The molecule has 1 amide bonds. The van der Waals surface area contributed by atoms with Gasteiger partial charge in [-0.1, -0.05) is 6.42 Å². The molecular formula is C19H34N4O3. The molecule has 0 radical (unpaired) electrons. The van der Waals surface area contributed by atoms with Crippen LogP contribution >= 0.6 is 0 Å². The molecule has 3 fully saturated rings. The van der Waals surface area contributed by atoms with Gasteiger partial charge < -0.3 is 15.4 Å². The molecule has 3 aliphatic rings. The fraction of sp³-hybridized carbons (Fsp3) is 0.895. The summed E-state index contributed by atoms with van der Waals surface area (Å²) in [5.74, 6) is -0.313. The van der Waals surface area contributed by atoms with E-state index in [1.807, 2.05) is 0 Å². The summed E-state index contributed by atoms with van der Waals surface area (Å²) in [6, 6.07) is 0.637. The molecule has 26 heavy (non-hydrogen) atoms. The Morgan fingerprint density at radius 2 is 1.73 bits per heavy atom. The third-order valence-electron chi connectivity index (χ3n) is 6.34. The van der Waals surface area contributed by atoms with Crippen molar-refractivity contribution in [2.45, 2.75) is 69.7 Å². The molecule has 0 bridgehead atoms. The Balaban J connectivity index is 1.57. The number of hydrogen-bond acceptors (Lipinski definition) is 6. The van der Waals surface area contributed by atoms with E-state index in [9.17, 15) is 9.59 Å². The molecule has 3 rings (SSSR count). The third kappa shape index (κ3) is 4.56. The van der Waals surface area contributed by atoms with Crippen LogP contribution in [-0.4, -0.2) is 79.3 Å². The fourth-order valence-electron chi connectivity index (χ4n) is 4.55. The summed E-state index contributed by atoms with van der Waals surface area (Å²) in [5.41, 5.74) is -1.07. The molecule has 1 saturated carbocycles. The lowest BCUT2D eigenvalue weighted by Gasteiger charge is -2.46. The Bertz CT molecular complexity index is 469. The predicted octanol–water partition coefficient (Wildman–Crippen LogP) is 0.694. The van der Waals surface area contributed by atoms with Crippen LogP contribution in [0.4, 0.5) is 0 Å². The van der Waals surface area contributed by atoms with E-state index in [0.29, 0.717) is 12.5 Å². The summed E-state index contributed by atoms with van der Waals surface area (Å²) in [4.78, 5) is 28.7. The molecule has 1 atom stereocenters. The molecule has 148 valence electrons. The zero-order chi connectivity index (χ0) is 18.4. The molecule has 0 aromatic carbocycles. The summed E-state index contributed by atoms with van der Waals surface area (Å²) in [6.45, 7) is 7.34. The van der Waals surface area contributed by atoms with Crippen molar-refractivity contribution in [3.63, 3.8) is 0 Å². The summed E-state index contributed by atoms with van der Waals surface area (Å²) in [7, 11) is 0. The van der Waals surface area contributed by atoms with E-state index in [1.165, 1.54) is 19.3 Å². The number of nitrogens with one attached hydrogen (secondary N) is 2. The number of piperazine rings is 1. The second-order valence-corrected chi connectivity index (χ2v) is 8.00. The van der Waals surface area contributed by atoms with Crippen molar-refractivity contribution in [2.75, 3.05) is 39.3 Å². The average Bonchev–Trinajstić information content (AvgIpc) is 2.69. The van der Waals surface area contributed by atoms with E-state index in [1.54, 1.807) is 6.92 Å². The number of esters is 1. The lowest BCUT2D eigenvalue weighted by Crippen LogP contribution is -2.67.